The van der Waals surface area contributed by atoms with E-state index in [4.69, 9.17) is 24.6 Å². The van der Waals surface area contributed by atoms with E-state index in [0.29, 0.717) is 32.2 Å². The summed E-state index contributed by atoms with van der Waals surface area (Å²) in [7, 11) is 4.15. The first-order valence-electron chi connectivity index (χ1n) is 16.2. The van der Waals surface area contributed by atoms with E-state index < -0.39 is 12.1 Å². The lowest BCUT2D eigenvalue weighted by Crippen LogP contribution is -2.55. The molecule has 0 spiro atoms. The highest BCUT2D eigenvalue weighted by Gasteiger charge is 2.42. The summed E-state index contributed by atoms with van der Waals surface area (Å²) >= 11 is 0. The van der Waals surface area contributed by atoms with Crippen LogP contribution in [0.3, 0.4) is 0 Å². The van der Waals surface area contributed by atoms with Crippen LogP contribution in [0.25, 0.3) is 10.8 Å². The van der Waals surface area contributed by atoms with Gasteiger partial charge in [0.15, 0.2) is 0 Å². The molecule has 1 atom stereocenters. The van der Waals surface area contributed by atoms with Gasteiger partial charge in [0.05, 0.1) is 30.8 Å². The standard InChI is InChI=1S/C33H39N7O2.C2HF3O2/c1-4-30(41)40-20-19-39(21-25(40)13-17-34)31-27-14-18-38(29-12-7-10-24-9-5-6-11-26(24)29)22-28(27)35-32(36-31)42-33(15-8-16-33)23-37(2)3;3-2(4,5)1(6)7/h4-7,9-12,25H,1,8,13-16,18-23H2,2-3H3;(H,6,7). The Kier molecular flexibility index (Phi) is 10.6. The summed E-state index contributed by atoms with van der Waals surface area (Å²) in [6, 6.07) is 17.4. The fourth-order valence-electron chi connectivity index (χ4n) is 6.75. The van der Waals surface area contributed by atoms with Gasteiger partial charge in [-0.3, -0.25) is 4.79 Å². The van der Waals surface area contributed by atoms with Crippen LogP contribution in [0, 0.1) is 11.3 Å². The summed E-state index contributed by atoms with van der Waals surface area (Å²) in [6.07, 6.45) is 0.406. The molecule has 2 aromatic carbocycles. The Morgan fingerprint density at radius 2 is 1.84 bits per heavy atom. The van der Waals surface area contributed by atoms with Gasteiger partial charge in [0.1, 0.15) is 11.4 Å². The quantitative estimate of drug-likeness (QED) is 0.332. The number of rotatable bonds is 8. The zero-order valence-corrected chi connectivity index (χ0v) is 27.6. The average molecular weight is 680 g/mol. The number of nitrogens with zero attached hydrogens (tertiary/aromatic N) is 7. The van der Waals surface area contributed by atoms with E-state index in [1.54, 1.807) is 4.90 Å². The third-order valence-electron chi connectivity index (χ3n) is 9.12. The molecule has 1 N–H and O–H groups in total. The van der Waals surface area contributed by atoms with Gasteiger partial charge in [-0.05, 0) is 57.3 Å². The van der Waals surface area contributed by atoms with Crippen LogP contribution in [-0.2, 0) is 22.6 Å². The number of ether oxygens (including phenoxy) is 1. The molecule has 1 aromatic heterocycles. The van der Waals surface area contributed by atoms with E-state index in [-0.39, 0.29) is 24.0 Å². The third-order valence-corrected chi connectivity index (χ3v) is 9.12. The molecule has 1 aliphatic carbocycles. The van der Waals surface area contributed by atoms with Crippen LogP contribution in [0.15, 0.2) is 55.1 Å². The minimum atomic E-state index is -5.08. The summed E-state index contributed by atoms with van der Waals surface area (Å²) in [6.45, 7) is 7.66. The normalized spacial score (nSPS) is 18.5. The van der Waals surface area contributed by atoms with E-state index in [1.807, 2.05) is 0 Å². The zero-order valence-electron chi connectivity index (χ0n) is 27.6. The number of hydrogen-bond acceptors (Lipinski definition) is 9. The largest absolute Gasteiger partial charge is 0.490 e. The fourth-order valence-corrected chi connectivity index (χ4v) is 6.75. The number of aromatic nitrogens is 2. The van der Waals surface area contributed by atoms with Crippen molar-refractivity contribution in [3.05, 3.63) is 66.4 Å². The van der Waals surface area contributed by atoms with Crippen molar-refractivity contribution in [3.63, 3.8) is 0 Å². The van der Waals surface area contributed by atoms with Gasteiger partial charge in [-0.15, -0.1) is 0 Å². The molecule has 2 fully saturated rings. The highest BCUT2D eigenvalue weighted by molar-refractivity contribution is 5.94. The van der Waals surface area contributed by atoms with Crippen molar-refractivity contribution < 1.29 is 32.6 Å². The number of hydrogen-bond donors (Lipinski definition) is 1. The zero-order chi connectivity index (χ0) is 35.3. The second kappa shape index (κ2) is 14.7. The molecular formula is C35H40F3N7O4. The number of carbonyl (C=O) groups is 2. The lowest BCUT2D eigenvalue weighted by Gasteiger charge is -2.44. The highest BCUT2D eigenvalue weighted by Crippen LogP contribution is 2.39. The van der Waals surface area contributed by atoms with E-state index in [0.717, 1.165) is 55.8 Å². The highest BCUT2D eigenvalue weighted by atomic mass is 19.4. The topological polar surface area (TPSA) is 126 Å². The molecule has 0 radical (unpaired) electrons. The molecule has 1 saturated carbocycles. The van der Waals surface area contributed by atoms with Gasteiger partial charge in [0.25, 0.3) is 0 Å². The van der Waals surface area contributed by atoms with Gasteiger partial charge in [-0.25, -0.2) is 4.79 Å². The number of benzene rings is 2. The number of aliphatic carboxylic acids is 1. The Bertz CT molecular complexity index is 1730. The van der Waals surface area contributed by atoms with Crippen LogP contribution in [0.5, 0.6) is 6.01 Å². The summed E-state index contributed by atoms with van der Waals surface area (Å²) < 4.78 is 38.4. The molecule has 2 aliphatic heterocycles. The van der Waals surface area contributed by atoms with Gasteiger partial charge in [-0.2, -0.15) is 28.4 Å². The number of nitriles is 1. The van der Waals surface area contributed by atoms with Gasteiger partial charge in [0.2, 0.25) is 5.91 Å². The number of fused-ring (bicyclic) bond motifs is 2. The molecule has 3 aliphatic rings. The second-order valence-electron chi connectivity index (χ2n) is 12.8. The molecule has 1 unspecified atom stereocenters. The Labute approximate surface area is 283 Å². The van der Waals surface area contributed by atoms with Crippen molar-refractivity contribution in [2.24, 2.45) is 0 Å². The maximum atomic E-state index is 12.6. The number of piperazine rings is 1. The monoisotopic (exact) mass is 679 g/mol. The summed E-state index contributed by atoms with van der Waals surface area (Å²) in [5.74, 6) is -2.02. The molecular weight excluding hydrogens is 639 g/mol. The number of carbonyl (C=O) groups excluding carboxylic acids is 1. The van der Waals surface area contributed by atoms with Crippen LogP contribution in [0.4, 0.5) is 24.7 Å². The van der Waals surface area contributed by atoms with Crippen LogP contribution in [-0.4, -0.2) is 101 Å². The minimum Gasteiger partial charge on any atom is -0.475 e. The van der Waals surface area contributed by atoms with E-state index >= 15 is 0 Å². The van der Waals surface area contributed by atoms with Crippen molar-refractivity contribution in [2.45, 2.75) is 56.5 Å². The first-order chi connectivity index (χ1) is 23.3. The van der Waals surface area contributed by atoms with Crippen LogP contribution < -0.4 is 14.5 Å². The number of alkyl halides is 3. The van der Waals surface area contributed by atoms with Crippen LogP contribution in [0.2, 0.25) is 0 Å². The van der Waals surface area contributed by atoms with Crippen molar-refractivity contribution >= 4 is 34.2 Å². The Morgan fingerprint density at radius 1 is 1.12 bits per heavy atom. The minimum absolute atomic E-state index is 0.134. The maximum absolute atomic E-state index is 12.6. The average Bonchev–Trinajstić information content (AvgIpc) is 3.05. The van der Waals surface area contributed by atoms with Gasteiger partial charge >= 0.3 is 18.2 Å². The number of halogens is 3. The molecule has 49 heavy (non-hydrogen) atoms. The predicted octanol–water partition coefficient (Wildman–Crippen LogP) is 4.81. The molecule has 260 valence electrons. The summed E-state index contributed by atoms with van der Waals surface area (Å²) in [5.41, 5.74) is 3.04. The number of amides is 1. The van der Waals surface area contributed by atoms with Crippen molar-refractivity contribution in [3.8, 4) is 12.1 Å². The molecule has 11 nitrogen and oxygen atoms in total. The van der Waals surface area contributed by atoms with Gasteiger partial charge in [0, 0.05) is 49.4 Å². The van der Waals surface area contributed by atoms with Crippen molar-refractivity contribution in [1.29, 1.82) is 5.26 Å². The van der Waals surface area contributed by atoms with Crippen molar-refractivity contribution in [2.75, 3.05) is 56.6 Å². The molecule has 3 aromatic rings. The molecule has 0 bridgehead atoms. The van der Waals surface area contributed by atoms with E-state index in [1.165, 1.54) is 22.5 Å². The summed E-state index contributed by atoms with van der Waals surface area (Å²) in [5, 5.41) is 19.1. The van der Waals surface area contributed by atoms with Gasteiger partial charge in [-0.1, -0.05) is 43.0 Å². The maximum Gasteiger partial charge on any atom is 0.490 e. The number of carboxylic acids is 1. The fraction of sp³-hybridized carbons (Fsp3) is 0.457. The number of carboxylic acid groups (broad SMARTS) is 1. The van der Waals surface area contributed by atoms with Crippen LogP contribution in [0.1, 0.15) is 36.9 Å². The lowest BCUT2D eigenvalue weighted by molar-refractivity contribution is -0.192. The van der Waals surface area contributed by atoms with E-state index in [9.17, 15) is 23.2 Å². The Hall–Kier alpha value is -4.90. The van der Waals surface area contributed by atoms with Gasteiger partial charge < -0.3 is 29.4 Å². The SMILES string of the molecule is C=CC(=O)N1CCN(c2nc(OC3(CN(C)C)CCC3)nc3c2CCN(c2cccc4ccccc24)C3)CC1CC#N.O=C(O)C(F)(F)F. The Morgan fingerprint density at radius 3 is 2.47 bits per heavy atom. The van der Waals surface area contributed by atoms with E-state index in [2.05, 4.69) is 83.9 Å². The molecule has 3 heterocycles. The third kappa shape index (κ3) is 8.05. The number of anilines is 2. The summed E-state index contributed by atoms with van der Waals surface area (Å²) in [4.78, 5) is 40.1. The molecule has 1 saturated heterocycles. The molecule has 1 amide bonds. The Balaban J connectivity index is 0.000000606. The first-order valence-corrected chi connectivity index (χ1v) is 16.2. The molecule has 14 heteroatoms. The second-order valence-corrected chi connectivity index (χ2v) is 12.8. The molecule has 6 rings (SSSR count). The predicted molar refractivity (Wildman–Crippen MR) is 178 cm³/mol. The van der Waals surface area contributed by atoms with Crippen LogP contribution >= 0.6 is 0 Å². The lowest BCUT2D eigenvalue weighted by atomic mass is 9.79. The number of likely N-dealkylation sites (N-methyl/N-ethyl adjacent to an activating group) is 1. The van der Waals surface area contributed by atoms with Crippen molar-refractivity contribution in [1.82, 2.24) is 19.8 Å². The smallest absolute Gasteiger partial charge is 0.475 e. The first kappa shape index (κ1) is 35.4.